The van der Waals surface area contributed by atoms with Crippen LogP contribution in [0.5, 0.6) is 0 Å². The molecule has 0 atom stereocenters. The molecule has 0 bridgehead atoms. The smallest absolute Gasteiger partial charge is 0.269 e. The Bertz CT molecular complexity index is 1070. The van der Waals surface area contributed by atoms with Crippen molar-refractivity contribution in [1.29, 1.82) is 0 Å². The van der Waals surface area contributed by atoms with E-state index in [2.05, 4.69) is 4.90 Å². The van der Waals surface area contributed by atoms with E-state index in [1.807, 2.05) is 38.4 Å². The van der Waals surface area contributed by atoms with Gasteiger partial charge in [-0.25, -0.2) is 12.4 Å². The van der Waals surface area contributed by atoms with Crippen LogP contribution in [0.3, 0.4) is 0 Å². The molecule has 0 aliphatic carbocycles. The second kappa shape index (κ2) is 5.34. The lowest BCUT2D eigenvalue weighted by atomic mass is 10.0. The maximum Gasteiger partial charge on any atom is 0.269 e. The molecule has 0 amide bonds. The first-order chi connectivity index (χ1) is 11.4. The second-order valence-electron chi connectivity index (χ2n) is 6.28. The minimum Gasteiger partial charge on any atom is -0.309 e. The summed E-state index contributed by atoms with van der Waals surface area (Å²) in [6, 6.07) is 12.7. The first kappa shape index (κ1) is 15.7. The predicted octanol–water partition coefficient (Wildman–Crippen LogP) is 3.62. The van der Waals surface area contributed by atoms with E-state index in [4.69, 9.17) is 11.6 Å². The topological polar surface area (TPSA) is 42.3 Å². The summed E-state index contributed by atoms with van der Waals surface area (Å²) < 4.78 is 27.6. The molecular formula is C18H17ClN2O2S. The third-order valence-electron chi connectivity index (χ3n) is 4.48. The second-order valence-corrected chi connectivity index (χ2v) is 8.44. The molecule has 0 N–H and O–H groups in total. The summed E-state index contributed by atoms with van der Waals surface area (Å²) >= 11 is 6.40. The number of para-hydroxylation sites is 1. The number of hydrogen-bond acceptors (Lipinski definition) is 3. The Hall–Kier alpha value is -1.82. The van der Waals surface area contributed by atoms with E-state index < -0.39 is 10.0 Å². The monoisotopic (exact) mass is 360 g/mol. The van der Waals surface area contributed by atoms with Gasteiger partial charge in [0.1, 0.15) is 0 Å². The van der Waals surface area contributed by atoms with Gasteiger partial charge in [0, 0.05) is 17.5 Å². The maximum atomic E-state index is 13.1. The molecule has 0 fully saturated rings. The zero-order chi connectivity index (χ0) is 17.1. The third-order valence-corrected chi connectivity index (χ3v) is 6.55. The van der Waals surface area contributed by atoms with E-state index in [-0.39, 0.29) is 0 Å². The molecular weight excluding hydrogens is 344 g/mol. The normalized spacial score (nSPS) is 15.0. The van der Waals surface area contributed by atoms with E-state index in [9.17, 15) is 8.42 Å². The van der Waals surface area contributed by atoms with Crippen LogP contribution in [-0.4, -0.2) is 37.9 Å². The highest BCUT2D eigenvalue weighted by atomic mass is 35.5. The van der Waals surface area contributed by atoms with E-state index in [1.165, 1.54) is 3.97 Å². The first-order valence-electron chi connectivity index (χ1n) is 7.74. The summed E-state index contributed by atoms with van der Waals surface area (Å²) in [4.78, 5) is 2.39. The highest BCUT2D eigenvalue weighted by Crippen LogP contribution is 2.47. The van der Waals surface area contributed by atoms with Crippen LogP contribution in [0.2, 0.25) is 5.02 Å². The molecule has 3 aromatic rings. The standard InChI is InChI=1S/C18H17ClN2O2S/c1-20(2)11-10-13-12-6-3-4-8-15(12)21-18(13)17-14(19)7-5-9-16(17)24(21,22)23/h3-9H,10-11H2,1-2H3. The zero-order valence-electron chi connectivity index (χ0n) is 13.5. The van der Waals surface area contributed by atoms with Crippen LogP contribution in [0.15, 0.2) is 47.4 Å². The van der Waals surface area contributed by atoms with Gasteiger partial charge in [0.2, 0.25) is 0 Å². The fraction of sp³-hybridized carbons (Fsp3) is 0.222. The molecule has 4 nitrogen and oxygen atoms in total. The molecule has 0 saturated carbocycles. The number of halogens is 1. The van der Waals surface area contributed by atoms with Crippen molar-refractivity contribution in [3.63, 3.8) is 0 Å². The summed E-state index contributed by atoms with van der Waals surface area (Å²) in [6.45, 7) is 0.834. The number of aromatic nitrogens is 1. The minimum atomic E-state index is -3.61. The van der Waals surface area contributed by atoms with Crippen molar-refractivity contribution in [3.8, 4) is 11.3 Å². The fourth-order valence-corrected chi connectivity index (χ4v) is 5.51. The van der Waals surface area contributed by atoms with Crippen LogP contribution in [-0.2, 0) is 16.4 Å². The van der Waals surface area contributed by atoms with Gasteiger partial charge >= 0.3 is 0 Å². The van der Waals surface area contributed by atoms with Gasteiger partial charge in [-0.2, -0.15) is 0 Å². The molecule has 2 aromatic carbocycles. The summed E-state index contributed by atoms with van der Waals surface area (Å²) in [5, 5.41) is 1.45. The largest absolute Gasteiger partial charge is 0.309 e. The molecule has 1 aromatic heterocycles. The van der Waals surface area contributed by atoms with Gasteiger partial charge in [-0.05, 0) is 44.3 Å². The lowest BCUT2D eigenvalue weighted by Crippen LogP contribution is -2.15. The Morgan fingerprint density at radius 3 is 2.58 bits per heavy atom. The van der Waals surface area contributed by atoms with E-state index >= 15 is 0 Å². The molecule has 4 rings (SSSR count). The summed E-state index contributed by atoms with van der Waals surface area (Å²) in [7, 11) is 0.407. The fourth-order valence-electron chi connectivity index (χ4n) is 3.41. The number of benzene rings is 2. The predicted molar refractivity (Wildman–Crippen MR) is 97.2 cm³/mol. The minimum absolute atomic E-state index is 0.293. The van der Waals surface area contributed by atoms with E-state index in [1.54, 1.807) is 18.2 Å². The Balaban J connectivity index is 2.13. The van der Waals surface area contributed by atoms with Gasteiger partial charge < -0.3 is 4.90 Å². The quantitative estimate of drug-likeness (QED) is 0.560. The van der Waals surface area contributed by atoms with Crippen LogP contribution in [0.4, 0.5) is 0 Å². The molecule has 1 aliphatic heterocycles. The number of hydrogen-bond donors (Lipinski definition) is 0. The SMILES string of the molecule is CN(C)CCc1c2n(c3ccccc13)S(=O)(=O)c1cccc(Cl)c1-2. The molecule has 0 unspecified atom stereocenters. The van der Waals surface area contributed by atoms with Gasteiger partial charge in [-0.3, -0.25) is 0 Å². The van der Waals surface area contributed by atoms with Crippen LogP contribution in [0.25, 0.3) is 22.2 Å². The van der Waals surface area contributed by atoms with Crippen molar-refractivity contribution in [1.82, 2.24) is 8.87 Å². The lowest BCUT2D eigenvalue weighted by molar-refractivity contribution is 0.414. The van der Waals surface area contributed by atoms with Gasteiger partial charge in [0.05, 0.1) is 21.1 Å². The average molecular weight is 361 g/mol. The Morgan fingerprint density at radius 1 is 1.08 bits per heavy atom. The third kappa shape index (κ3) is 2.05. The van der Waals surface area contributed by atoms with Crippen molar-refractivity contribution in [2.24, 2.45) is 0 Å². The van der Waals surface area contributed by atoms with Crippen molar-refractivity contribution >= 4 is 32.5 Å². The van der Waals surface area contributed by atoms with Crippen LogP contribution >= 0.6 is 11.6 Å². The van der Waals surface area contributed by atoms with Crippen LogP contribution in [0, 0.1) is 0 Å². The molecule has 24 heavy (non-hydrogen) atoms. The van der Waals surface area contributed by atoms with Crippen molar-refractivity contribution < 1.29 is 8.42 Å². The number of rotatable bonds is 3. The van der Waals surface area contributed by atoms with Crippen LogP contribution < -0.4 is 0 Å². The Morgan fingerprint density at radius 2 is 1.83 bits per heavy atom. The molecule has 1 aliphatic rings. The van der Waals surface area contributed by atoms with Crippen molar-refractivity contribution in [2.75, 3.05) is 20.6 Å². The summed E-state index contributed by atoms with van der Waals surface area (Å²) in [5.74, 6) is 0. The van der Waals surface area contributed by atoms with Gasteiger partial charge in [-0.1, -0.05) is 35.9 Å². The van der Waals surface area contributed by atoms with Crippen molar-refractivity contribution in [2.45, 2.75) is 11.3 Å². The average Bonchev–Trinajstić information content (AvgIpc) is 2.98. The molecule has 0 radical (unpaired) electrons. The van der Waals surface area contributed by atoms with E-state index in [0.717, 1.165) is 29.6 Å². The number of nitrogens with zero attached hydrogens (tertiary/aromatic N) is 2. The maximum absolute atomic E-state index is 13.1. The molecule has 0 saturated heterocycles. The zero-order valence-corrected chi connectivity index (χ0v) is 15.0. The van der Waals surface area contributed by atoms with Crippen molar-refractivity contribution in [3.05, 3.63) is 53.1 Å². The molecule has 0 spiro atoms. The molecule has 6 heteroatoms. The molecule has 124 valence electrons. The van der Waals surface area contributed by atoms with E-state index in [0.29, 0.717) is 21.0 Å². The van der Waals surface area contributed by atoms with Crippen LogP contribution in [0.1, 0.15) is 5.56 Å². The lowest BCUT2D eigenvalue weighted by Gasteiger charge is -2.10. The first-order valence-corrected chi connectivity index (χ1v) is 9.56. The van der Waals surface area contributed by atoms with Gasteiger partial charge in [0.25, 0.3) is 10.0 Å². The highest BCUT2D eigenvalue weighted by molar-refractivity contribution is 7.90. The van der Waals surface area contributed by atoms with Gasteiger partial charge in [-0.15, -0.1) is 0 Å². The molecule has 2 heterocycles. The summed E-state index contributed by atoms with van der Waals surface area (Å²) in [5.41, 5.74) is 3.10. The number of likely N-dealkylation sites (N-methyl/N-ethyl adjacent to an activating group) is 1. The van der Waals surface area contributed by atoms with Gasteiger partial charge in [0.15, 0.2) is 0 Å². The highest BCUT2D eigenvalue weighted by Gasteiger charge is 2.38. The Kier molecular flexibility index (Phi) is 3.49. The summed E-state index contributed by atoms with van der Waals surface area (Å²) in [6.07, 6.45) is 0.760. The Labute approximate surface area is 146 Å². The number of fused-ring (bicyclic) bond motifs is 5.